The summed E-state index contributed by atoms with van der Waals surface area (Å²) in [5.74, 6) is 0. The molecule has 2 nitrogen and oxygen atoms in total. The molecule has 0 atom stereocenters. The predicted octanol–water partition coefficient (Wildman–Crippen LogP) is 2.67. The maximum absolute atomic E-state index is 3.46. The van der Waals surface area contributed by atoms with Gasteiger partial charge < -0.3 is 9.88 Å². The van der Waals surface area contributed by atoms with E-state index < -0.39 is 0 Å². The maximum Gasteiger partial charge on any atom is 0.0491 e. The van der Waals surface area contributed by atoms with Gasteiger partial charge in [-0.1, -0.05) is 6.07 Å². The first kappa shape index (κ1) is 9.91. The molecule has 0 bridgehead atoms. The van der Waals surface area contributed by atoms with Crippen molar-refractivity contribution in [2.24, 2.45) is 0 Å². The van der Waals surface area contributed by atoms with Gasteiger partial charge in [-0.15, -0.1) is 0 Å². The molecule has 1 N–H and O–H groups in total. The molecule has 1 aromatic carbocycles. The molecule has 16 heavy (non-hydrogen) atoms. The highest BCUT2D eigenvalue weighted by Gasteiger charge is 2.17. The van der Waals surface area contributed by atoms with Crippen molar-refractivity contribution in [1.82, 2.24) is 9.88 Å². The first-order chi connectivity index (χ1) is 7.68. The van der Waals surface area contributed by atoms with E-state index in [2.05, 4.69) is 42.8 Å². The highest BCUT2D eigenvalue weighted by Crippen LogP contribution is 2.30. The standard InChI is InChI=1S/C14H18N2/c1-9-6-10(2)14-11(3)13-8-15-4-5-16(13)12(14)7-9/h6-7,15H,4-5,8H2,1-3H3. The van der Waals surface area contributed by atoms with E-state index in [1.54, 1.807) is 0 Å². The summed E-state index contributed by atoms with van der Waals surface area (Å²) in [6.45, 7) is 9.86. The summed E-state index contributed by atoms with van der Waals surface area (Å²) in [7, 11) is 0. The third kappa shape index (κ3) is 1.23. The van der Waals surface area contributed by atoms with Crippen molar-refractivity contribution in [3.8, 4) is 0 Å². The lowest BCUT2D eigenvalue weighted by Crippen LogP contribution is -2.27. The van der Waals surface area contributed by atoms with Gasteiger partial charge in [-0.2, -0.15) is 0 Å². The molecule has 0 amide bonds. The third-order valence-electron chi connectivity index (χ3n) is 3.69. The Kier molecular flexibility index (Phi) is 2.08. The second-order valence-electron chi connectivity index (χ2n) is 4.88. The molecule has 0 saturated heterocycles. The molecular formula is C14H18N2. The van der Waals surface area contributed by atoms with Gasteiger partial charge in [0.2, 0.25) is 0 Å². The van der Waals surface area contributed by atoms with E-state index in [9.17, 15) is 0 Å². The molecule has 2 aromatic rings. The van der Waals surface area contributed by atoms with Crippen LogP contribution >= 0.6 is 0 Å². The summed E-state index contributed by atoms with van der Waals surface area (Å²) >= 11 is 0. The van der Waals surface area contributed by atoms with Crippen molar-refractivity contribution < 1.29 is 0 Å². The van der Waals surface area contributed by atoms with Crippen LogP contribution in [0, 0.1) is 20.8 Å². The van der Waals surface area contributed by atoms with Crippen LogP contribution in [0.1, 0.15) is 22.4 Å². The Morgan fingerprint density at radius 3 is 2.81 bits per heavy atom. The minimum absolute atomic E-state index is 1.01. The fraction of sp³-hybridized carbons (Fsp3) is 0.429. The van der Waals surface area contributed by atoms with Crippen LogP contribution in [-0.2, 0) is 13.1 Å². The molecule has 1 aliphatic rings. The Balaban J connectivity index is 2.44. The second kappa shape index (κ2) is 3.36. The average Bonchev–Trinajstić information content (AvgIpc) is 2.54. The van der Waals surface area contributed by atoms with Gasteiger partial charge in [0.1, 0.15) is 0 Å². The van der Waals surface area contributed by atoms with Gasteiger partial charge in [-0.3, -0.25) is 0 Å². The number of aromatic nitrogens is 1. The number of nitrogens with zero attached hydrogens (tertiary/aromatic N) is 1. The van der Waals surface area contributed by atoms with Gasteiger partial charge in [0.25, 0.3) is 0 Å². The van der Waals surface area contributed by atoms with Crippen molar-refractivity contribution in [2.75, 3.05) is 6.54 Å². The molecule has 0 spiro atoms. The fourth-order valence-corrected chi connectivity index (χ4v) is 3.02. The number of hydrogen-bond acceptors (Lipinski definition) is 1. The lowest BCUT2D eigenvalue weighted by atomic mass is 10.0. The zero-order chi connectivity index (χ0) is 11.3. The summed E-state index contributed by atoms with van der Waals surface area (Å²) in [5.41, 5.74) is 7.12. The van der Waals surface area contributed by atoms with Crippen LogP contribution < -0.4 is 5.32 Å². The van der Waals surface area contributed by atoms with Gasteiger partial charge >= 0.3 is 0 Å². The lowest BCUT2D eigenvalue weighted by molar-refractivity contribution is 0.524. The van der Waals surface area contributed by atoms with Crippen molar-refractivity contribution >= 4 is 10.9 Å². The molecular weight excluding hydrogens is 196 g/mol. The summed E-state index contributed by atoms with van der Waals surface area (Å²) < 4.78 is 2.49. The first-order valence-corrected chi connectivity index (χ1v) is 5.98. The minimum atomic E-state index is 1.01. The van der Waals surface area contributed by atoms with Crippen molar-refractivity contribution in [2.45, 2.75) is 33.9 Å². The fourth-order valence-electron chi connectivity index (χ4n) is 3.02. The van der Waals surface area contributed by atoms with E-state index >= 15 is 0 Å². The maximum atomic E-state index is 3.46. The topological polar surface area (TPSA) is 17.0 Å². The number of fused-ring (bicyclic) bond motifs is 3. The number of benzene rings is 1. The molecule has 0 fully saturated rings. The van der Waals surface area contributed by atoms with Crippen LogP contribution in [0.15, 0.2) is 12.1 Å². The van der Waals surface area contributed by atoms with Crippen LogP contribution in [0.25, 0.3) is 10.9 Å². The van der Waals surface area contributed by atoms with Crippen molar-refractivity contribution in [3.05, 3.63) is 34.5 Å². The van der Waals surface area contributed by atoms with Crippen molar-refractivity contribution in [1.29, 1.82) is 0 Å². The van der Waals surface area contributed by atoms with Crippen LogP contribution in [0.3, 0.4) is 0 Å². The first-order valence-electron chi connectivity index (χ1n) is 5.98. The molecule has 2 heteroatoms. The third-order valence-corrected chi connectivity index (χ3v) is 3.69. The highest BCUT2D eigenvalue weighted by molar-refractivity contribution is 5.89. The van der Waals surface area contributed by atoms with Gasteiger partial charge in [-0.05, 0) is 43.5 Å². The van der Waals surface area contributed by atoms with Gasteiger partial charge in [-0.25, -0.2) is 0 Å². The summed E-state index contributed by atoms with van der Waals surface area (Å²) in [6, 6.07) is 4.61. The van der Waals surface area contributed by atoms with Crippen LogP contribution in [0.4, 0.5) is 0 Å². The monoisotopic (exact) mass is 214 g/mol. The highest BCUT2D eigenvalue weighted by atomic mass is 15.1. The number of rotatable bonds is 0. The van der Waals surface area contributed by atoms with E-state index in [0.717, 1.165) is 19.6 Å². The quantitative estimate of drug-likeness (QED) is 0.713. The van der Waals surface area contributed by atoms with E-state index in [0.29, 0.717) is 0 Å². The van der Waals surface area contributed by atoms with Crippen molar-refractivity contribution in [3.63, 3.8) is 0 Å². The largest absolute Gasteiger partial charge is 0.342 e. The van der Waals surface area contributed by atoms with Crippen LogP contribution in [0.5, 0.6) is 0 Å². The molecule has 0 saturated carbocycles. The molecule has 84 valence electrons. The predicted molar refractivity (Wildman–Crippen MR) is 67.9 cm³/mol. The summed E-state index contributed by atoms with van der Waals surface area (Å²) in [6.07, 6.45) is 0. The Hall–Kier alpha value is -1.28. The Labute approximate surface area is 96.3 Å². The van der Waals surface area contributed by atoms with Crippen LogP contribution in [-0.4, -0.2) is 11.1 Å². The molecule has 2 heterocycles. The summed E-state index contributed by atoms with van der Waals surface area (Å²) in [5, 5.41) is 4.92. The summed E-state index contributed by atoms with van der Waals surface area (Å²) in [4.78, 5) is 0. The Bertz CT molecular complexity index is 564. The zero-order valence-electron chi connectivity index (χ0n) is 10.2. The SMILES string of the molecule is Cc1cc(C)c2c(C)c3n(c2c1)CCNC3. The van der Waals surface area contributed by atoms with E-state index in [1.807, 2.05) is 0 Å². The molecule has 1 aromatic heterocycles. The second-order valence-corrected chi connectivity index (χ2v) is 4.88. The van der Waals surface area contributed by atoms with Gasteiger partial charge in [0.05, 0.1) is 0 Å². The molecule has 0 radical (unpaired) electrons. The van der Waals surface area contributed by atoms with Gasteiger partial charge in [0.15, 0.2) is 0 Å². The molecule has 0 unspecified atom stereocenters. The van der Waals surface area contributed by atoms with E-state index in [4.69, 9.17) is 0 Å². The Morgan fingerprint density at radius 1 is 1.19 bits per heavy atom. The zero-order valence-corrected chi connectivity index (χ0v) is 10.2. The average molecular weight is 214 g/mol. The Morgan fingerprint density at radius 2 is 2.00 bits per heavy atom. The smallest absolute Gasteiger partial charge is 0.0491 e. The number of aryl methyl sites for hydroxylation is 3. The number of hydrogen-bond donors (Lipinski definition) is 1. The molecule has 3 rings (SSSR count). The minimum Gasteiger partial charge on any atom is -0.342 e. The van der Waals surface area contributed by atoms with Gasteiger partial charge in [0, 0.05) is 36.2 Å². The molecule has 1 aliphatic heterocycles. The van der Waals surface area contributed by atoms with E-state index in [1.165, 1.54) is 33.3 Å². The normalized spacial score (nSPS) is 15.4. The number of nitrogens with one attached hydrogen (secondary N) is 1. The van der Waals surface area contributed by atoms with Crippen LogP contribution in [0.2, 0.25) is 0 Å². The lowest BCUT2D eigenvalue weighted by Gasteiger charge is -2.18. The molecule has 0 aliphatic carbocycles. The van der Waals surface area contributed by atoms with E-state index in [-0.39, 0.29) is 0 Å².